The van der Waals surface area contributed by atoms with Crippen molar-refractivity contribution in [3.8, 4) is 0 Å². The van der Waals surface area contributed by atoms with E-state index in [2.05, 4.69) is 4.98 Å². The van der Waals surface area contributed by atoms with Gasteiger partial charge in [-0.05, 0) is 18.2 Å². The summed E-state index contributed by atoms with van der Waals surface area (Å²) in [6.07, 6.45) is 0. The Labute approximate surface area is 109 Å². The van der Waals surface area contributed by atoms with Gasteiger partial charge in [0, 0.05) is 14.1 Å². The molecule has 1 aromatic carbocycles. The maximum absolute atomic E-state index is 13.3. The second kappa shape index (κ2) is 4.94. The Morgan fingerprint density at radius 2 is 2.22 bits per heavy atom. The number of likely N-dealkylation sites (N-methyl/N-ethyl adjacent to an activating group) is 1. The van der Waals surface area contributed by atoms with E-state index in [4.69, 9.17) is 11.6 Å². The molecule has 0 unspecified atom stereocenters. The summed E-state index contributed by atoms with van der Waals surface area (Å²) in [4.78, 5) is 17.5. The molecule has 2 rings (SSSR count). The minimum absolute atomic E-state index is 0.0927. The molecule has 1 amide bonds. The van der Waals surface area contributed by atoms with Crippen LogP contribution in [-0.4, -0.2) is 34.5 Å². The average molecular weight is 270 g/mol. The van der Waals surface area contributed by atoms with Crippen molar-refractivity contribution < 1.29 is 9.18 Å². The van der Waals surface area contributed by atoms with Crippen LogP contribution in [-0.2, 0) is 17.2 Å². The van der Waals surface area contributed by atoms with Crippen LogP contribution in [0.1, 0.15) is 5.82 Å². The van der Waals surface area contributed by atoms with Crippen LogP contribution in [0.3, 0.4) is 0 Å². The lowest BCUT2D eigenvalue weighted by molar-refractivity contribution is -0.129. The Bertz CT molecular complexity index is 594. The van der Waals surface area contributed by atoms with Gasteiger partial charge in [-0.25, -0.2) is 9.37 Å². The fraction of sp³-hybridized carbons (Fsp3) is 0.333. The molecular formula is C12H13ClFN3O. The van der Waals surface area contributed by atoms with Gasteiger partial charge in [-0.1, -0.05) is 0 Å². The zero-order chi connectivity index (χ0) is 13.3. The zero-order valence-corrected chi connectivity index (χ0v) is 10.9. The van der Waals surface area contributed by atoms with E-state index in [9.17, 15) is 9.18 Å². The first-order valence-corrected chi connectivity index (χ1v) is 5.97. The molecule has 6 heteroatoms. The first kappa shape index (κ1) is 12.8. The minimum Gasteiger partial charge on any atom is -0.347 e. The van der Waals surface area contributed by atoms with Crippen molar-refractivity contribution in [2.24, 2.45) is 0 Å². The minimum atomic E-state index is -0.359. The van der Waals surface area contributed by atoms with Gasteiger partial charge in [0.2, 0.25) is 5.91 Å². The van der Waals surface area contributed by atoms with Crippen LogP contribution >= 0.6 is 11.6 Å². The summed E-state index contributed by atoms with van der Waals surface area (Å²) < 4.78 is 14.9. The van der Waals surface area contributed by atoms with Gasteiger partial charge in [0.15, 0.2) is 0 Å². The van der Waals surface area contributed by atoms with Crippen LogP contribution in [0.5, 0.6) is 0 Å². The Balaban J connectivity index is 2.52. The van der Waals surface area contributed by atoms with E-state index in [1.165, 1.54) is 17.0 Å². The molecule has 18 heavy (non-hydrogen) atoms. The Morgan fingerprint density at radius 3 is 2.83 bits per heavy atom. The van der Waals surface area contributed by atoms with Gasteiger partial charge < -0.3 is 9.47 Å². The number of aromatic nitrogens is 2. The average Bonchev–Trinajstić information content (AvgIpc) is 2.67. The molecule has 0 fully saturated rings. The molecular weight excluding hydrogens is 257 g/mol. The molecule has 0 aliphatic rings. The maximum Gasteiger partial charge on any atom is 0.242 e. The third kappa shape index (κ3) is 2.31. The van der Waals surface area contributed by atoms with Crippen molar-refractivity contribution >= 4 is 28.5 Å². The maximum atomic E-state index is 13.3. The largest absolute Gasteiger partial charge is 0.347 e. The second-order valence-electron chi connectivity index (χ2n) is 4.17. The number of nitrogens with zero attached hydrogens (tertiary/aromatic N) is 3. The lowest BCUT2D eigenvalue weighted by Crippen LogP contribution is -2.26. The van der Waals surface area contributed by atoms with Gasteiger partial charge in [-0.15, -0.1) is 11.6 Å². The number of amides is 1. The monoisotopic (exact) mass is 269 g/mol. The SMILES string of the molecule is CN(C)C(=O)Cn1c(CCl)nc2ccc(F)cc21. The van der Waals surface area contributed by atoms with E-state index in [0.29, 0.717) is 16.9 Å². The lowest BCUT2D eigenvalue weighted by atomic mass is 10.3. The molecule has 0 radical (unpaired) electrons. The summed E-state index contributed by atoms with van der Waals surface area (Å²) in [5.41, 5.74) is 1.22. The van der Waals surface area contributed by atoms with E-state index in [1.54, 1.807) is 24.7 Å². The molecule has 0 bridgehead atoms. The zero-order valence-electron chi connectivity index (χ0n) is 10.2. The standard InChI is InChI=1S/C12H13ClFN3O/c1-16(2)12(18)7-17-10-5-8(14)3-4-9(10)15-11(17)6-13/h3-5H,6-7H2,1-2H3. The van der Waals surface area contributed by atoms with E-state index >= 15 is 0 Å². The van der Waals surface area contributed by atoms with Crippen LogP contribution in [0.25, 0.3) is 11.0 Å². The van der Waals surface area contributed by atoms with E-state index in [1.807, 2.05) is 0 Å². The molecule has 2 aromatic rings. The normalized spacial score (nSPS) is 10.9. The van der Waals surface area contributed by atoms with Crippen molar-refractivity contribution in [1.29, 1.82) is 0 Å². The first-order valence-electron chi connectivity index (χ1n) is 5.43. The third-order valence-corrected chi connectivity index (χ3v) is 2.94. The number of carbonyl (C=O) groups excluding carboxylic acids is 1. The molecule has 0 atom stereocenters. The molecule has 0 spiro atoms. The smallest absolute Gasteiger partial charge is 0.242 e. The van der Waals surface area contributed by atoms with Crippen molar-refractivity contribution in [3.63, 3.8) is 0 Å². The van der Waals surface area contributed by atoms with Crippen molar-refractivity contribution in [2.45, 2.75) is 12.4 Å². The highest BCUT2D eigenvalue weighted by atomic mass is 35.5. The highest BCUT2D eigenvalue weighted by Gasteiger charge is 2.14. The van der Waals surface area contributed by atoms with Crippen LogP contribution in [0.4, 0.5) is 4.39 Å². The van der Waals surface area contributed by atoms with Crippen molar-refractivity contribution in [2.75, 3.05) is 14.1 Å². The van der Waals surface area contributed by atoms with Gasteiger partial charge in [0.25, 0.3) is 0 Å². The van der Waals surface area contributed by atoms with Crippen LogP contribution in [0.2, 0.25) is 0 Å². The quantitative estimate of drug-likeness (QED) is 0.800. The summed E-state index contributed by atoms with van der Waals surface area (Å²) in [6, 6.07) is 4.28. The van der Waals surface area contributed by atoms with E-state index in [0.717, 1.165) is 0 Å². The molecule has 0 saturated carbocycles. The van der Waals surface area contributed by atoms with Gasteiger partial charge in [-0.3, -0.25) is 4.79 Å². The van der Waals surface area contributed by atoms with Crippen LogP contribution in [0, 0.1) is 5.82 Å². The summed E-state index contributed by atoms with van der Waals surface area (Å²) in [5, 5.41) is 0. The number of halogens is 2. The molecule has 4 nitrogen and oxygen atoms in total. The highest BCUT2D eigenvalue weighted by Crippen LogP contribution is 2.19. The number of imidazole rings is 1. The van der Waals surface area contributed by atoms with Crippen molar-refractivity contribution in [3.05, 3.63) is 29.8 Å². The lowest BCUT2D eigenvalue weighted by Gasteiger charge is -2.12. The summed E-state index contributed by atoms with van der Waals surface area (Å²) in [7, 11) is 3.34. The second-order valence-corrected chi connectivity index (χ2v) is 4.44. The van der Waals surface area contributed by atoms with Crippen molar-refractivity contribution in [1.82, 2.24) is 14.5 Å². The number of carbonyl (C=O) groups is 1. The predicted octanol–water partition coefficient (Wildman–Crippen LogP) is 2.00. The van der Waals surface area contributed by atoms with Gasteiger partial charge >= 0.3 is 0 Å². The van der Waals surface area contributed by atoms with Gasteiger partial charge in [0.05, 0.1) is 16.9 Å². The summed E-state index contributed by atoms with van der Waals surface area (Å²) in [5.74, 6) is 0.288. The number of hydrogen-bond acceptors (Lipinski definition) is 2. The number of alkyl halides is 1. The fourth-order valence-electron chi connectivity index (χ4n) is 1.70. The Kier molecular flexibility index (Phi) is 3.52. The first-order chi connectivity index (χ1) is 8.52. The number of rotatable bonds is 3. The van der Waals surface area contributed by atoms with E-state index < -0.39 is 0 Å². The molecule has 0 aliphatic carbocycles. The Morgan fingerprint density at radius 1 is 1.50 bits per heavy atom. The highest BCUT2D eigenvalue weighted by molar-refractivity contribution is 6.16. The van der Waals surface area contributed by atoms with Crippen LogP contribution in [0.15, 0.2) is 18.2 Å². The molecule has 1 aromatic heterocycles. The van der Waals surface area contributed by atoms with Gasteiger partial charge in [-0.2, -0.15) is 0 Å². The van der Waals surface area contributed by atoms with E-state index in [-0.39, 0.29) is 24.1 Å². The number of benzene rings is 1. The molecule has 0 saturated heterocycles. The summed E-state index contributed by atoms with van der Waals surface area (Å²) in [6.45, 7) is 0.106. The number of fused-ring (bicyclic) bond motifs is 1. The molecule has 0 aliphatic heterocycles. The topological polar surface area (TPSA) is 38.1 Å². The molecule has 1 heterocycles. The van der Waals surface area contributed by atoms with Crippen LogP contribution < -0.4 is 0 Å². The predicted molar refractivity (Wildman–Crippen MR) is 67.9 cm³/mol. The third-order valence-electron chi connectivity index (χ3n) is 2.70. The molecule has 96 valence electrons. The Hall–Kier alpha value is -1.62. The fourth-order valence-corrected chi connectivity index (χ4v) is 1.90. The summed E-state index contributed by atoms with van der Waals surface area (Å²) >= 11 is 5.80. The molecule has 0 N–H and O–H groups in total. The number of hydrogen-bond donors (Lipinski definition) is 0. The van der Waals surface area contributed by atoms with Gasteiger partial charge in [0.1, 0.15) is 18.2 Å².